The number of anilines is 1. The lowest BCUT2D eigenvalue weighted by Gasteiger charge is -2.40. The number of piperidine rings is 1. The van der Waals surface area contributed by atoms with Gasteiger partial charge in [0.15, 0.2) is 0 Å². The predicted molar refractivity (Wildman–Crippen MR) is 86.2 cm³/mol. The van der Waals surface area contributed by atoms with Crippen LogP contribution in [-0.4, -0.2) is 25.2 Å². The second-order valence-corrected chi connectivity index (χ2v) is 6.74. The van der Waals surface area contributed by atoms with E-state index in [4.69, 9.17) is 0 Å². The van der Waals surface area contributed by atoms with Crippen molar-refractivity contribution in [1.82, 2.24) is 5.32 Å². The molecule has 1 aliphatic heterocycles. The van der Waals surface area contributed by atoms with Crippen molar-refractivity contribution in [3.63, 3.8) is 0 Å². The van der Waals surface area contributed by atoms with Gasteiger partial charge in [0.2, 0.25) is 0 Å². The lowest BCUT2D eigenvalue weighted by atomic mass is 9.91. The molecule has 3 heteroatoms. The summed E-state index contributed by atoms with van der Waals surface area (Å²) in [4.78, 5) is 2.43. The Bertz CT molecular complexity index is 439. The Balaban J connectivity index is 1.66. The first kappa shape index (κ1) is 14.8. The zero-order valence-electron chi connectivity index (χ0n) is 13.0. The molecule has 0 radical (unpaired) electrons. The molecule has 116 valence electrons. The van der Waals surface area contributed by atoms with Gasteiger partial charge in [-0.15, -0.1) is 0 Å². The van der Waals surface area contributed by atoms with Crippen LogP contribution in [-0.2, 0) is 0 Å². The molecule has 21 heavy (non-hydrogen) atoms. The van der Waals surface area contributed by atoms with Crippen molar-refractivity contribution >= 4 is 5.69 Å². The van der Waals surface area contributed by atoms with Crippen molar-refractivity contribution in [2.24, 2.45) is 5.92 Å². The summed E-state index contributed by atoms with van der Waals surface area (Å²) in [5.41, 5.74) is 1.16. The van der Waals surface area contributed by atoms with Crippen molar-refractivity contribution in [2.75, 3.05) is 18.0 Å². The van der Waals surface area contributed by atoms with Gasteiger partial charge in [-0.25, -0.2) is 4.39 Å². The molecule has 1 heterocycles. The third-order valence-electron chi connectivity index (χ3n) is 5.13. The molecule has 2 aliphatic rings. The Morgan fingerprint density at radius 3 is 2.48 bits per heavy atom. The summed E-state index contributed by atoms with van der Waals surface area (Å²) < 4.78 is 13.1. The molecule has 1 aromatic rings. The summed E-state index contributed by atoms with van der Waals surface area (Å²) >= 11 is 0. The van der Waals surface area contributed by atoms with Crippen LogP contribution in [0.3, 0.4) is 0 Å². The SMILES string of the molecule is CCC1CC(NC2CCCC2)CN(c2ccc(F)cc2)C1. The van der Waals surface area contributed by atoms with Crippen molar-refractivity contribution < 1.29 is 4.39 Å². The molecule has 0 bridgehead atoms. The molecule has 1 saturated heterocycles. The van der Waals surface area contributed by atoms with Crippen LogP contribution in [0.1, 0.15) is 45.4 Å². The lowest BCUT2D eigenvalue weighted by molar-refractivity contribution is 0.304. The number of hydrogen-bond acceptors (Lipinski definition) is 2. The van der Waals surface area contributed by atoms with Gasteiger partial charge in [0.1, 0.15) is 5.82 Å². The Labute approximate surface area is 127 Å². The minimum atomic E-state index is -0.150. The van der Waals surface area contributed by atoms with Gasteiger partial charge in [-0.3, -0.25) is 0 Å². The maximum atomic E-state index is 13.1. The summed E-state index contributed by atoms with van der Waals surface area (Å²) in [6.45, 7) is 4.44. The molecular formula is C18H27FN2. The van der Waals surface area contributed by atoms with E-state index < -0.39 is 0 Å². The van der Waals surface area contributed by atoms with E-state index in [1.807, 2.05) is 12.1 Å². The Morgan fingerprint density at radius 1 is 1.10 bits per heavy atom. The van der Waals surface area contributed by atoms with E-state index in [0.29, 0.717) is 6.04 Å². The van der Waals surface area contributed by atoms with Crippen LogP contribution in [0.5, 0.6) is 0 Å². The van der Waals surface area contributed by atoms with Crippen LogP contribution in [0.25, 0.3) is 0 Å². The van der Waals surface area contributed by atoms with E-state index in [-0.39, 0.29) is 5.82 Å². The second kappa shape index (κ2) is 6.78. The first-order valence-electron chi connectivity index (χ1n) is 8.51. The van der Waals surface area contributed by atoms with Gasteiger partial charge in [0.25, 0.3) is 0 Å². The highest BCUT2D eigenvalue weighted by Crippen LogP contribution is 2.27. The van der Waals surface area contributed by atoms with Crippen molar-refractivity contribution in [3.05, 3.63) is 30.1 Å². The molecule has 2 nitrogen and oxygen atoms in total. The fourth-order valence-electron chi connectivity index (χ4n) is 3.91. The number of halogens is 1. The molecule has 1 N–H and O–H groups in total. The molecule has 2 unspecified atom stereocenters. The van der Waals surface area contributed by atoms with Gasteiger partial charge in [-0.1, -0.05) is 26.2 Å². The van der Waals surface area contributed by atoms with Crippen LogP contribution in [0.4, 0.5) is 10.1 Å². The van der Waals surface area contributed by atoms with Crippen LogP contribution in [0.15, 0.2) is 24.3 Å². The smallest absolute Gasteiger partial charge is 0.123 e. The van der Waals surface area contributed by atoms with Crippen LogP contribution in [0.2, 0.25) is 0 Å². The Kier molecular flexibility index (Phi) is 4.79. The monoisotopic (exact) mass is 290 g/mol. The van der Waals surface area contributed by atoms with Crippen LogP contribution >= 0.6 is 0 Å². The zero-order valence-corrected chi connectivity index (χ0v) is 13.0. The normalized spacial score (nSPS) is 27.2. The molecular weight excluding hydrogens is 263 g/mol. The number of nitrogens with one attached hydrogen (secondary N) is 1. The molecule has 0 amide bonds. The summed E-state index contributed by atoms with van der Waals surface area (Å²) in [5, 5.41) is 3.88. The van der Waals surface area contributed by atoms with E-state index >= 15 is 0 Å². The van der Waals surface area contributed by atoms with Gasteiger partial charge < -0.3 is 10.2 Å². The third kappa shape index (κ3) is 3.76. The minimum Gasteiger partial charge on any atom is -0.370 e. The molecule has 1 aromatic carbocycles. The Hall–Kier alpha value is -1.09. The standard InChI is InChI=1S/C18H27FN2/c1-2-14-11-17(20-16-5-3-4-6-16)13-21(12-14)18-9-7-15(19)8-10-18/h7-10,14,16-17,20H,2-6,11-13H2,1H3. The molecule has 1 aliphatic carbocycles. The van der Waals surface area contributed by atoms with Crippen molar-refractivity contribution in [1.29, 1.82) is 0 Å². The quantitative estimate of drug-likeness (QED) is 0.903. The fraction of sp³-hybridized carbons (Fsp3) is 0.667. The van der Waals surface area contributed by atoms with Crippen LogP contribution in [0, 0.1) is 11.7 Å². The largest absolute Gasteiger partial charge is 0.370 e. The van der Waals surface area contributed by atoms with E-state index in [9.17, 15) is 4.39 Å². The maximum absolute atomic E-state index is 13.1. The Morgan fingerprint density at radius 2 is 1.81 bits per heavy atom. The van der Waals surface area contributed by atoms with Crippen molar-refractivity contribution in [3.8, 4) is 0 Å². The molecule has 2 fully saturated rings. The average molecular weight is 290 g/mol. The molecule has 3 rings (SSSR count). The minimum absolute atomic E-state index is 0.150. The van der Waals surface area contributed by atoms with Gasteiger partial charge in [-0.2, -0.15) is 0 Å². The van der Waals surface area contributed by atoms with Gasteiger partial charge in [0, 0.05) is 30.9 Å². The zero-order chi connectivity index (χ0) is 14.7. The van der Waals surface area contributed by atoms with E-state index in [1.54, 1.807) is 12.1 Å². The topological polar surface area (TPSA) is 15.3 Å². The van der Waals surface area contributed by atoms with Gasteiger partial charge >= 0.3 is 0 Å². The van der Waals surface area contributed by atoms with E-state index in [0.717, 1.165) is 30.7 Å². The number of benzene rings is 1. The first-order valence-corrected chi connectivity index (χ1v) is 8.51. The predicted octanol–water partition coefficient (Wildman–Crippen LogP) is 3.96. The highest BCUT2D eigenvalue weighted by Gasteiger charge is 2.28. The van der Waals surface area contributed by atoms with E-state index in [2.05, 4.69) is 17.1 Å². The fourth-order valence-corrected chi connectivity index (χ4v) is 3.91. The molecule has 2 atom stereocenters. The summed E-state index contributed by atoms with van der Waals surface area (Å²) in [5.74, 6) is 0.589. The summed E-state index contributed by atoms with van der Waals surface area (Å²) in [6, 6.07) is 8.28. The van der Waals surface area contributed by atoms with Gasteiger partial charge in [-0.05, 0) is 49.4 Å². The highest BCUT2D eigenvalue weighted by molar-refractivity contribution is 5.47. The highest BCUT2D eigenvalue weighted by atomic mass is 19.1. The molecule has 0 aromatic heterocycles. The van der Waals surface area contributed by atoms with Gasteiger partial charge in [0.05, 0.1) is 0 Å². The van der Waals surface area contributed by atoms with E-state index in [1.165, 1.54) is 38.5 Å². The number of rotatable bonds is 4. The number of hydrogen-bond donors (Lipinski definition) is 1. The van der Waals surface area contributed by atoms with Crippen LogP contribution < -0.4 is 10.2 Å². The first-order chi connectivity index (χ1) is 10.2. The molecule has 1 saturated carbocycles. The average Bonchev–Trinajstić information content (AvgIpc) is 3.00. The number of nitrogens with zero attached hydrogens (tertiary/aromatic N) is 1. The summed E-state index contributed by atoms with van der Waals surface area (Å²) in [6.07, 6.45) is 7.94. The maximum Gasteiger partial charge on any atom is 0.123 e. The lowest BCUT2D eigenvalue weighted by Crippen LogP contribution is -2.51. The third-order valence-corrected chi connectivity index (χ3v) is 5.13. The summed E-state index contributed by atoms with van der Waals surface area (Å²) in [7, 11) is 0. The second-order valence-electron chi connectivity index (χ2n) is 6.74. The molecule has 0 spiro atoms. The van der Waals surface area contributed by atoms with Crippen molar-refractivity contribution in [2.45, 2.75) is 57.5 Å².